The molecule has 9 heteroatoms. The molecule has 2 atom stereocenters. The average molecular weight is 409 g/mol. The van der Waals surface area contributed by atoms with Crippen LogP contribution in [0.25, 0.3) is 0 Å². The van der Waals surface area contributed by atoms with Crippen molar-refractivity contribution in [3.63, 3.8) is 0 Å². The van der Waals surface area contributed by atoms with Crippen LogP contribution in [0.15, 0.2) is 24.3 Å². The molecule has 1 aromatic carbocycles. The van der Waals surface area contributed by atoms with E-state index in [-0.39, 0.29) is 18.4 Å². The van der Waals surface area contributed by atoms with Crippen molar-refractivity contribution >= 4 is 46.9 Å². The molecule has 1 aromatic rings. The second-order valence-electron chi connectivity index (χ2n) is 6.72. The molecule has 0 bridgehead atoms. The quantitative estimate of drug-likeness (QED) is 0.715. The lowest BCUT2D eigenvalue weighted by molar-refractivity contribution is 0.0269. The predicted molar refractivity (Wildman–Crippen MR) is 112 cm³/mol. The van der Waals surface area contributed by atoms with E-state index in [1.54, 1.807) is 10.4 Å². The number of nitrogens with zero attached hydrogens (tertiary/aromatic N) is 3. The van der Waals surface area contributed by atoms with Crippen molar-refractivity contribution < 1.29 is 14.3 Å². The molecule has 0 radical (unpaired) electrons. The highest BCUT2D eigenvalue weighted by Crippen LogP contribution is 2.27. The zero-order valence-corrected chi connectivity index (χ0v) is 16.7. The van der Waals surface area contributed by atoms with Gasteiger partial charge in [0.2, 0.25) is 0 Å². The molecule has 0 saturated carbocycles. The third-order valence-electron chi connectivity index (χ3n) is 5.16. The first-order valence-corrected chi connectivity index (χ1v) is 10.8. The summed E-state index contributed by atoms with van der Waals surface area (Å²) in [6, 6.07) is 7.99. The zero-order chi connectivity index (χ0) is 18.6. The summed E-state index contributed by atoms with van der Waals surface area (Å²) < 4.78 is 11.1. The van der Waals surface area contributed by atoms with E-state index in [9.17, 15) is 4.79 Å². The summed E-state index contributed by atoms with van der Waals surface area (Å²) in [6.07, 6.45) is -0.117. The van der Waals surface area contributed by atoms with Gasteiger partial charge in [0, 0.05) is 42.5 Å². The molecule has 0 spiro atoms. The van der Waals surface area contributed by atoms with Gasteiger partial charge in [0.1, 0.15) is 25.6 Å². The highest BCUT2D eigenvalue weighted by molar-refractivity contribution is 7.99. The summed E-state index contributed by atoms with van der Waals surface area (Å²) in [5.41, 5.74) is 3.55. The van der Waals surface area contributed by atoms with E-state index in [4.69, 9.17) is 21.7 Å². The van der Waals surface area contributed by atoms with Gasteiger partial charge < -0.3 is 19.7 Å². The van der Waals surface area contributed by atoms with Gasteiger partial charge in [-0.05, 0) is 24.3 Å². The van der Waals surface area contributed by atoms with Gasteiger partial charge in [-0.15, -0.1) is 0 Å². The van der Waals surface area contributed by atoms with E-state index in [0.29, 0.717) is 19.9 Å². The van der Waals surface area contributed by atoms with Crippen LogP contribution in [-0.2, 0) is 9.47 Å². The van der Waals surface area contributed by atoms with Crippen LogP contribution in [0.2, 0.25) is 0 Å². The minimum Gasteiger partial charge on any atom is -0.447 e. The van der Waals surface area contributed by atoms with E-state index in [0.717, 1.165) is 42.5 Å². The molecule has 1 unspecified atom stereocenters. The van der Waals surface area contributed by atoms with Crippen LogP contribution in [0, 0.1) is 0 Å². The molecule has 0 aliphatic carbocycles. The molecule has 3 heterocycles. The van der Waals surface area contributed by atoms with Crippen LogP contribution in [0.4, 0.5) is 16.2 Å². The monoisotopic (exact) mass is 408 g/mol. The van der Waals surface area contributed by atoms with Gasteiger partial charge in [0.15, 0.2) is 0 Å². The summed E-state index contributed by atoms with van der Waals surface area (Å²) in [5.74, 6) is 2.29. The van der Waals surface area contributed by atoms with Gasteiger partial charge in [-0.1, -0.05) is 12.2 Å². The lowest BCUT2D eigenvalue weighted by Crippen LogP contribution is -2.56. The fourth-order valence-corrected chi connectivity index (χ4v) is 4.79. The van der Waals surface area contributed by atoms with E-state index in [2.05, 4.69) is 15.1 Å². The number of thioether (sulfide) groups is 1. The van der Waals surface area contributed by atoms with E-state index in [1.165, 1.54) is 0 Å². The van der Waals surface area contributed by atoms with Gasteiger partial charge in [-0.25, -0.2) is 4.79 Å². The lowest BCUT2D eigenvalue weighted by Gasteiger charge is -2.36. The topological polar surface area (TPSA) is 57.3 Å². The Morgan fingerprint density at radius 2 is 1.93 bits per heavy atom. The number of anilines is 2. The van der Waals surface area contributed by atoms with Crippen molar-refractivity contribution in [3.05, 3.63) is 24.3 Å². The maximum atomic E-state index is 11.7. The molecule has 3 fully saturated rings. The maximum Gasteiger partial charge on any atom is 0.414 e. The third kappa shape index (κ3) is 4.16. The largest absolute Gasteiger partial charge is 0.447 e. The standard InChI is InChI=1S/C18H24N4O3S2/c23-18-22(5-8-24-18)15-3-1-14(2-4-15)21-11-16(25-13-21)17(19-12-26)20-6-9-27-10-7-20/h1-4,12,16-17H,5-11,13H2,(H,19,26)/t16-,17?/m0/s1. The van der Waals surface area contributed by atoms with Gasteiger partial charge in [0.25, 0.3) is 0 Å². The molecule has 146 valence electrons. The number of hydrogen-bond acceptors (Lipinski definition) is 7. The molecule has 1 N–H and O–H groups in total. The summed E-state index contributed by atoms with van der Waals surface area (Å²) in [4.78, 5) is 18.0. The highest BCUT2D eigenvalue weighted by atomic mass is 32.2. The van der Waals surface area contributed by atoms with Crippen molar-refractivity contribution in [3.8, 4) is 0 Å². The van der Waals surface area contributed by atoms with Crippen LogP contribution in [0.5, 0.6) is 0 Å². The molecule has 0 aromatic heterocycles. The minimum atomic E-state index is -0.277. The van der Waals surface area contributed by atoms with Gasteiger partial charge in [-0.3, -0.25) is 9.80 Å². The molecule has 3 aliphatic rings. The molecule has 7 nitrogen and oxygen atoms in total. The Bertz CT molecular complexity index is 669. The minimum absolute atomic E-state index is 0.0561. The smallest absolute Gasteiger partial charge is 0.414 e. The first kappa shape index (κ1) is 18.8. The number of benzene rings is 1. The average Bonchev–Trinajstić information content (AvgIpc) is 3.36. The van der Waals surface area contributed by atoms with Crippen LogP contribution >= 0.6 is 24.0 Å². The maximum absolute atomic E-state index is 11.7. The second-order valence-corrected chi connectivity index (χ2v) is 8.18. The van der Waals surface area contributed by atoms with Crippen LogP contribution in [-0.4, -0.2) is 79.8 Å². The first-order valence-electron chi connectivity index (χ1n) is 9.18. The van der Waals surface area contributed by atoms with E-state index >= 15 is 0 Å². The number of cyclic esters (lactones) is 1. The first-order chi connectivity index (χ1) is 13.3. The van der Waals surface area contributed by atoms with Crippen molar-refractivity contribution in [2.75, 3.05) is 60.8 Å². The SMILES string of the molecule is O=C1OCCN1c1ccc(N2CO[C@H](C(NC=S)N3CCSCC3)C2)cc1. The molecule has 27 heavy (non-hydrogen) atoms. The normalized spacial score (nSPS) is 24.7. The summed E-state index contributed by atoms with van der Waals surface area (Å²) in [6.45, 7) is 4.50. The zero-order valence-electron chi connectivity index (χ0n) is 15.1. The summed E-state index contributed by atoms with van der Waals surface area (Å²) >= 11 is 7.04. The van der Waals surface area contributed by atoms with Crippen LogP contribution in [0.1, 0.15) is 0 Å². The molecule has 1 amide bonds. The van der Waals surface area contributed by atoms with Crippen molar-refractivity contribution in [1.82, 2.24) is 10.2 Å². The van der Waals surface area contributed by atoms with Crippen molar-refractivity contribution in [2.24, 2.45) is 0 Å². The second kappa shape index (κ2) is 8.64. The third-order valence-corrected chi connectivity index (χ3v) is 6.24. The van der Waals surface area contributed by atoms with Crippen molar-refractivity contribution in [1.29, 1.82) is 0 Å². The molecule has 3 aliphatic heterocycles. The lowest BCUT2D eigenvalue weighted by atomic mass is 10.2. The summed E-state index contributed by atoms with van der Waals surface area (Å²) in [5, 5.41) is 3.31. The number of amides is 1. The number of carbonyl (C=O) groups is 1. The molecular formula is C18H24N4O3S2. The number of carbonyl (C=O) groups excluding carboxylic acids is 1. The number of ether oxygens (including phenoxy) is 2. The highest BCUT2D eigenvalue weighted by Gasteiger charge is 2.34. The fourth-order valence-electron chi connectivity index (χ4n) is 3.72. The van der Waals surface area contributed by atoms with Crippen LogP contribution < -0.4 is 15.1 Å². The van der Waals surface area contributed by atoms with E-state index in [1.807, 2.05) is 36.0 Å². The van der Waals surface area contributed by atoms with Gasteiger partial charge in [-0.2, -0.15) is 11.8 Å². The van der Waals surface area contributed by atoms with Crippen LogP contribution in [0.3, 0.4) is 0 Å². The Morgan fingerprint density at radius 3 is 2.59 bits per heavy atom. The Hall–Kier alpha value is -1.55. The Kier molecular flexibility index (Phi) is 6.01. The molecule has 3 saturated heterocycles. The van der Waals surface area contributed by atoms with Gasteiger partial charge >= 0.3 is 6.09 Å². The molecular weight excluding hydrogens is 384 g/mol. The van der Waals surface area contributed by atoms with E-state index < -0.39 is 0 Å². The predicted octanol–water partition coefficient (Wildman–Crippen LogP) is 1.73. The number of hydrogen-bond donors (Lipinski definition) is 1. The Morgan fingerprint density at radius 1 is 1.19 bits per heavy atom. The number of rotatable bonds is 6. The number of thiocarbonyl (C=S) groups is 1. The number of nitrogens with one attached hydrogen (secondary N) is 1. The fraction of sp³-hybridized carbons (Fsp3) is 0.556. The Labute approximate surface area is 168 Å². The van der Waals surface area contributed by atoms with Gasteiger partial charge in [0.05, 0.1) is 12.0 Å². The van der Waals surface area contributed by atoms with Crippen molar-refractivity contribution in [2.45, 2.75) is 12.3 Å². The Balaban J connectivity index is 1.40. The summed E-state index contributed by atoms with van der Waals surface area (Å²) in [7, 11) is 0. The molecule has 4 rings (SSSR count).